The highest BCUT2D eigenvalue weighted by Gasteiger charge is 2.19. The van der Waals surface area contributed by atoms with E-state index in [4.69, 9.17) is 4.42 Å². The lowest BCUT2D eigenvalue weighted by Gasteiger charge is -2.16. The summed E-state index contributed by atoms with van der Waals surface area (Å²) in [5, 5.41) is 3.59. The molecule has 0 aromatic carbocycles. The number of thiophene rings is 1. The Kier molecular flexibility index (Phi) is 3.94. The number of nitrogens with one attached hydrogen (secondary N) is 1. The van der Waals surface area contributed by atoms with E-state index in [2.05, 4.69) is 30.2 Å². The Hall–Kier alpha value is -1.13. The van der Waals surface area contributed by atoms with Crippen molar-refractivity contribution in [1.82, 2.24) is 10.3 Å². The molecule has 3 nitrogen and oxygen atoms in total. The first-order valence-corrected chi connectivity index (χ1v) is 8.25. The van der Waals surface area contributed by atoms with Crippen LogP contribution in [0.1, 0.15) is 65.7 Å². The van der Waals surface area contributed by atoms with Gasteiger partial charge in [0.15, 0.2) is 0 Å². The van der Waals surface area contributed by atoms with Gasteiger partial charge in [-0.3, -0.25) is 5.32 Å². The van der Waals surface area contributed by atoms with Crippen molar-refractivity contribution in [1.29, 1.82) is 0 Å². The number of oxazole rings is 1. The SMILES string of the molecule is Cc1cnc(C(C)NC(C)c2cc3c(s2)CCCC3)o1. The van der Waals surface area contributed by atoms with Gasteiger partial charge >= 0.3 is 0 Å². The number of fused-ring (bicyclic) bond motifs is 1. The van der Waals surface area contributed by atoms with Crippen LogP contribution in [0.3, 0.4) is 0 Å². The number of rotatable bonds is 4. The molecule has 2 heterocycles. The van der Waals surface area contributed by atoms with Crippen LogP contribution in [0.2, 0.25) is 0 Å². The Bertz CT molecular complexity index is 564. The molecule has 2 atom stereocenters. The van der Waals surface area contributed by atoms with E-state index in [0.717, 1.165) is 11.7 Å². The standard InChI is InChI=1S/C16H22N2OS/c1-10-9-17-16(19-10)12(3)18-11(2)15-8-13-6-4-5-7-14(13)20-15/h8-9,11-12,18H,4-7H2,1-3H3. The number of hydrogen-bond acceptors (Lipinski definition) is 4. The molecule has 2 unspecified atom stereocenters. The molecule has 0 aliphatic heterocycles. The lowest BCUT2D eigenvalue weighted by atomic mass is 9.99. The molecule has 2 aromatic heterocycles. The molecular formula is C16H22N2OS. The Morgan fingerprint density at radius 3 is 2.75 bits per heavy atom. The van der Waals surface area contributed by atoms with Crippen molar-refractivity contribution < 1.29 is 4.42 Å². The van der Waals surface area contributed by atoms with Gasteiger partial charge in [-0.05, 0) is 58.1 Å². The van der Waals surface area contributed by atoms with Crippen LogP contribution in [0.4, 0.5) is 0 Å². The zero-order valence-electron chi connectivity index (χ0n) is 12.4. The predicted octanol–water partition coefficient (Wildman–Crippen LogP) is 4.34. The fraction of sp³-hybridized carbons (Fsp3) is 0.562. The third kappa shape index (κ3) is 2.81. The third-order valence-corrected chi connectivity index (χ3v) is 5.37. The smallest absolute Gasteiger partial charge is 0.211 e. The second-order valence-electron chi connectivity index (χ2n) is 5.72. The van der Waals surface area contributed by atoms with Gasteiger partial charge in [-0.15, -0.1) is 11.3 Å². The summed E-state index contributed by atoms with van der Waals surface area (Å²) in [6.45, 7) is 6.26. The molecule has 3 rings (SSSR count). The van der Waals surface area contributed by atoms with E-state index in [1.54, 1.807) is 16.6 Å². The van der Waals surface area contributed by atoms with E-state index < -0.39 is 0 Å². The lowest BCUT2D eigenvalue weighted by molar-refractivity contribution is 0.382. The van der Waals surface area contributed by atoms with Crippen LogP contribution in [-0.4, -0.2) is 4.98 Å². The van der Waals surface area contributed by atoms with Crippen molar-refractivity contribution >= 4 is 11.3 Å². The van der Waals surface area contributed by atoms with E-state index in [-0.39, 0.29) is 6.04 Å². The number of aryl methyl sites for hydroxylation is 3. The molecule has 20 heavy (non-hydrogen) atoms. The minimum atomic E-state index is 0.137. The van der Waals surface area contributed by atoms with E-state index in [9.17, 15) is 0 Å². The first-order chi connectivity index (χ1) is 9.63. The van der Waals surface area contributed by atoms with Gasteiger partial charge < -0.3 is 4.42 Å². The average molecular weight is 290 g/mol. The van der Waals surface area contributed by atoms with Crippen molar-refractivity contribution in [2.45, 2.75) is 58.5 Å². The van der Waals surface area contributed by atoms with Crippen molar-refractivity contribution in [3.05, 3.63) is 39.2 Å². The molecule has 0 saturated carbocycles. The van der Waals surface area contributed by atoms with E-state index in [1.165, 1.54) is 30.6 Å². The molecule has 0 saturated heterocycles. The van der Waals surface area contributed by atoms with Gasteiger partial charge in [0, 0.05) is 15.8 Å². The summed E-state index contributed by atoms with van der Waals surface area (Å²) in [7, 11) is 0. The Morgan fingerprint density at radius 2 is 2.05 bits per heavy atom. The van der Waals surface area contributed by atoms with Crippen LogP contribution in [-0.2, 0) is 12.8 Å². The highest BCUT2D eigenvalue weighted by Crippen LogP contribution is 2.33. The van der Waals surface area contributed by atoms with Gasteiger partial charge in [-0.1, -0.05) is 0 Å². The molecule has 4 heteroatoms. The number of hydrogen-bond donors (Lipinski definition) is 1. The average Bonchev–Trinajstić information content (AvgIpc) is 3.04. The monoisotopic (exact) mass is 290 g/mol. The molecule has 1 aliphatic rings. The largest absolute Gasteiger partial charge is 0.444 e. The van der Waals surface area contributed by atoms with Gasteiger partial charge in [0.1, 0.15) is 5.76 Å². The lowest BCUT2D eigenvalue weighted by Crippen LogP contribution is -2.22. The van der Waals surface area contributed by atoms with Crippen molar-refractivity contribution in [2.75, 3.05) is 0 Å². The van der Waals surface area contributed by atoms with Crippen molar-refractivity contribution in [3.63, 3.8) is 0 Å². The zero-order valence-corrected chi connectivity index (χ0v) is 13.2. The summed E-state index contributed by atoms with van der Waals surface area (Å²) in [5.41, 5.74) is 1.57. The Morgan fingerprint density at radius 1 is 1.25 bits per heavy atom. The first-order valence-electron chi connectivity index (χ1n) is 7.43. The van der Waals surface area contributed by atoms with Gasteiger partial charge in [0.25, 0.3) is 0 Å². The van der Waals surface area contributed by atoms with Gasteiger partial charge in [0.2, 0.25) is 5.89 Å². The zero-order chi connectivity index (χ0) is 14.1. The minimum absolute atomic E-state index is 0.137. The van der Waals surface area contributed by atoms with E-state index in [0.29, 0.717) is 6.04 Å². The van der Waals surface area contributed by atoms with Crippen LogP contribution in [0.15, 0.2) is 16.7 Å². The van der Waals surface area contributed by atoms with Crippen LogP contribution < -0.4 is 5.32 Å². The summed E-state index contributed by atoms with van der Waals surface area (Å²) >= 11 is 1.97. The van der Waals surface area contributed by atoms with Gasteiger partial charge in [-0.2, -0.15) is 0 Å². The maximum atomic E-state index is 5.59. The maximum Gasteiger partial charge on any atom is 0.211 e. The highest BCUT2D eigenvalue weighted by atomic mass is 32.1. The van der Waals surface area contributed by atoms with Crippen LogP contribution in [0, 0.1) is 6.92 Å². The Labute approximate surface area is 124 Å². The number of aromatic nitrogens is 1. The first kappa shape index (κ1) is 13.8. The fourth-order valence-corrected chi connectivity index (χ4v) is 4.10. The fourth-order valence-electron chi connectivity index (χ4n) is 2.83. The normalized spacial score (nSPS) is 17.8. The van der Waals surface area contributed by atoms with Crippen molar-refractivity contribution in [2.24, 2.45) is 0 Å². The predicted molar refractivity (Wildman–Crippen MR) is 82.2 cm³/mol. The molecule has 0 fully saturated rings. The van der Waals surface area contributed by atoms with Crippen LogP contribution >= 0.6 is 11.3 Å². The van der Waals surface area contributed by atoms with E-state index in [1.807, 2.05) is 18.3 Å². The van der Waals surface area contributed by atoms with Gasteiger partial charge in [-0.25, -0.2) is 4.98 Å². The molecular weight excluding hydrogens is 268 g/mol. The van der Waals surface area contributed by atoms with Crippen LogP contribution in [0.5, 0.6) is 0 Å². The summed E-state index contributed by atoms with van der Waals surface area (Å²) in [4.78, 5) is 7.34. The maximum absolute atomic E-state index is 5.59. The summed E-state index contributed by atoms with van der Waals surface area (Å²) in [6, 6.07) is 2.87. The van der Waals surface area contributed by atoms with E-state index >= 15 is 0 Å². The number of nitrogens with zero attached hydrogens (tertiary/aromatic N) is 1. The summed E-state index contributed by atoms with van der Waals surface area (Å²) < 4.78 is 5.59. The topological polar surface area (TPSA) is 38.1 Å². The molecule has 1 aliphatic carbocycles. The molecule has 0 bridgehead atoms. The second kappa shape index (κ2) is 5.70. The Balaban J connectivity index is 1.69. The van der Waals surface area contributed by atoms with Gasteiger partial charge in [0.05, 0.1) is 12.2 Å². The second-order valence-corrected chi connectivity index (χ2v) is 6.89. The quantitative estimate of drug-likeness (QED) is 0.910. The summed E-state index contributed by atoms with van der Waals surface area (Å²) in [6.07, 6.45) is 6.99. The molecule has 1 N–H and O–H groups in total. The molecule has 2 aromatic rings. The third-order valence-electron chi connectivity index (χ3n) is 3.95. The van der Waals surface area contributed by atoms with Crippen LogP contribution in [0.25, 0.3) is 0 Å². The molecule has 0 spiro atoms. The molecule has 108 valence electrons. The summed E-state index contributed by atoms with van der Waals surface area (Å²) in [5.74, 6) is 1.64. The molecule has 0 amide bonds. The highest BCUT2D eigenvalue weighted by molar-refractivity contribution is 7.12. The molecule has 0 radical (unpaired) electrons. The van der Waals surface area contributed by atoms with Crippen molar-refractivity contribution in [3.8, 4) is 0 Å². The minimum Gasteiger partial charge on any atom is -0.444 e.